The summed E-state index contributed by atoms with van der Waals surface area (Å²) in [7, 11) is 3.22. The van der Waals surface area contributed by atoms with Gasteiger partial charge in [-0.15, -0.1) is 0 Å². The molecule has 3 atom stereocenters. The second-order valence-corrected chi connectivity index (χ2v) is 10.3. The zero-order valence-electron chi connectivity index (χ0n) is 25.9. The molecule has 2 bridgehead atoms. The van der Waals surface area contributed by atoms with Gasteiger partial charge in [0.05, 0.1) is 84.8 Å². The largest absolute Gasteiger partial charge is 0.464 e. The number of carbonyl (C=O) groups is 3. The summed E-state index contributed by atoms with van der Waals surface area (Å²) in [6, 6.07) is 0. The van der Waals surface area contributed by atoms with Crippen LogP contribution in [-0.4, -0.2) is 143 Å². The third-order valence-electron chi connectivity index (χ3n) is 7.09. The lowest BCUT2D eigenvalue weighted by molar-refractivity contribution is -0.151. The topological polar surface area (TPSA) is 138 Å². The Morgan fingerprint density at radius 1 is 0.581 bits per heavy atom. The smallest absolute Gasteiger partial charge is 0.309 e. The average molecular weight is 618 g/mol. The summed E-state index contributed by atoms with van der Waals surface area (Å²) in [4.78, 5) is 39.0. The van der Waals surface area contributed by atoms with Crippen LogP contribution < -0.4 is 0 Å². The van der Waals surface area contributed by atoms with Gasteiger partial charge in [-0.1, -0.05) is 12.2 Å². The van der Waals surface area contributed by atoms with E-state index in [1.54, 1.807) is 14.2 Å². The summed E-state index contributed by atoms with van der Waals surface area (Å²) in [5.41, 5.74) is 0. The van der Waals surface area contributed by atoms with Crippen molar-refractivity contribution < 1.29 is 57.0 Å². The van der Waals surface area contributed by atoms with Gasteiger partial charge < -0.3 is 42.6 Å². The van der Waals surface area contributed by atoms with E-state index < -0.39 is 0 Å². The minimum absolute atomic E-state index is 0.0771. The number of ether oxygens (including phenoxy) is 9. The lowest BCUT2D eigenvalue weighted by Crippen LogP contribution is -2.34. The van der Waals surface area contributed by atoms with Crippen molar-refractivity contribution in [2.75, 3.05) is 120 Å². The number of fused-ring (bicyclic) bond motifs is 2. The molecule has 0 saturated heterocycles. The van der Waals surface area contributed by atoms with E-state index in [9.17, 15) is 14.4 Å². The van der Waals surface area contributed by atoms with Crippen molar-refractivity contribution in [3.8, 4) is 0 Å². The van der Waals surface area contributed by atoms with Crippen molar-refractivity contribution in [1.82, 2.24) is 4.90 Å². The molecule has 13 nitrogen and oxygen atoms in total. The first kappa shape index (κ1) is 37.1. The summed E-state index contributed by atoms with van der Waals surface area (Å²) in [6.45, 7) is 5.83. The number of hydrogen-bond donors (Lipinski definition) is 0. The minimum atomic E-state index is -0.373. The van der Waals surface area contributed by atoms with Crippen LogP contribution in [0.25, 0.3) is 0 Å². The van der Waals surface area contributed by atoms with Gasteiger partial charge in [0.25, 0.3) is 0 Å². The molecule has 2 rings (SSSR count). The number of carbonyl (C=O) groups excluding carboxylic acids is 3. The molecular formula is C30H51NO12. The highest BCUT2D eigenvalue weighted by atomic mass is 16.6. The Balaban J connectivity index is 1.62. The Bertz CT molecular complexity index is 757. The van der Waals surface area contributed by atoms with E-state index in [1.165, 1.54) is 0 Å². The predicted octanol–water partition coefficient (Wildman–Crippen LogP) is 1.27. The Kier molecular flexibility index (Phi) is 20.9. The van der Waals surface area contributed by atoms with E-state index in [-0.39, 0.29) is 75.6 Å². The molecule has 0 radical (unpaired) electrons. The molecule has 0 aliphatic heterocycles. The number of methoxy groups -OCH3 is 2. The Morgan fingerprint density at radius 2 is 1.07 bits per heavy atom. The molecule has 1 unspecified atom stereocenters. The molecule has 0 aromatic carbocycles. The van der Waals surface area contributed by atoms with Crippen LogP contribution in [0.1, 0.15) is 25.7 Å². The number of rotatable bonds is 28. The van der Waals surface area contributed by atoms with Crippen molar-refractivity contribution in [1.29, 1.82) is 0 Å². The van der Waals surface area contributed by atoms with E-state index in [1.807, 2.05) is 4.90 Å². The quantitative estimate of drug-likeness (QED) is 0.0540. The maximum absolute atomic E-state index is 12.6. The predicted molar refractivity (Wildman–Crippen MR) is 154 cm³/mol. The van der Waals surface area contributed by atoms with Crippen molar-refractivity contribution in [2.24, 2.45) is 17.8 Å². The molecule has 2 aliphatic carbocycles. The van der Waals surface area contributed by atoms with Gasteiger partial charge in [-0.2, -0.15) is 0 Å². The van der Waals surface area contributed by atoms with Crippen LogP contribution in [-0.2, 0) is 57.0 Å². The molecule has 0 amide bonds. The molecule has 0 aromatic rings. The number of allylic oxidation sites excluding steroid dienone is 2. The highest BCUT2D eigenvalue weighted by Crippen LogP contribution is 2.43. The zero-order chi connectivity index (χ0) is 31.0. The fourth-order valence-electron chi connectivity index (χ4n) is 4.77. The highest BCUT2D eigenvalue weighted by molar-refractivity contribution is 5.74. The molecule has 1 fully saturated rings. The van der Waals surface area contributed by atoms with E-state index in [4.69, 9.17) is 42.6 Å². The van der Waals surface area contributed by atoms with Crippen LogP contribution in [0.15, 0.2) is 12.2 Å². The first-order chi connectivity index (χ1) is 21.0. The van der Waals surface area contributed by atoms with Gasteiger partial charge in [-0.05, 0) is 24.7 Å². The van der Waals surface area contributed by atoms with Gasteiger partial charge >= 0.3 is 17.9 Å². The summed E-state index contributed by atoms with van der Waals surface area (Å²) in [5, 5.41) is 0. The van der Waals surface area contributed by atoms with E-state index in [0.717, 1.165) is 12.8 Å². The van der Waals surface area contributed by atoms with Crippen molar-refractivity contribution >= 4 is 17.9 Å². The minimum Gasteiger partial charge on any atom is -0.464 e. The second kappa shape index (κ2) is 24.2. The Hall–Kier alpha value is -2.13. The molecule has 0 N–H and O–H groups in total. The molecule has 43 heavy (non-hydrogen) atoms. The number of esters is 3. The fourth-order valence-corrected chi connectivity index (χ4v) is 4.77. The molecule has 2 aliphatic rings. The van der Waals surface area contributed by atoms with Gasteiger partial charge in [0, 0.05) is 33.9 Å². The van der Waals surface area contributed by atoms with Crippen LogP contribution in [0.5, 0.6) is 0 Å². The summed E-state index contributed by atoms with van der Waals surface area (Å²) in [5.74, 6) is -0.244. The normalized spacial score (nSPS) is 18.8. The SMILES string of the molecule is COCCOCCOCCOC(=O)CCN(CCOC(=O)C1C[C@@H]2C=C[C@H]1C2)CCC(=O)OCCOCCOCCOC. The lowest BCUT2D eigenvalue weighted by atomic mass is 9.94. The van der Waals surface area contributed by atoms with Gasteiger partial charge in [0.2, 0.25) is 0 Å². The highest BCUT2D eigenvalue weighted by Gasteiger charge is 2.40. The van der Waals surface area contributed by atoms with E-state index in [0.29, 0.717) is 78.4 Å². The maximum atomic E-state index is 12.6. The Morgan fingerprint density at radius 3 is 1.51 bits per heavy atom. The third kappa shape index (κ3) is 17.7. The van der Waals surface area contributed by atoms with Crippen molar-refractivity contribution in [3.05, 3.63) is 12.2 Å². The summed E-state index contributed by atoms with van der Waals surface area (Å²) < 4.78 is 47.2. The second-order valence-electron chi connectivity index (χ2n) is 10.3. The first-order valence-corrected chi connectivity index (χ1v) is 15.2. The van der Waals surface area contributed by atoms with Gasteiger partial charge in [0.15, 0.2) is 0 Å². The monoisotopic (exact) mass is 617 g/mol. The summed E-state index contributed by atoms with van der Waals surface area (Å²) in [6.07, 6.45) is 6.42. The molecule has 13 heteroatoms. The van der Waals surface area contributed by atoms with Crippen LogP contribution >= 0.6 is 0 Å². The van der Waals surface area contributed by atoms with Gasteiger partial charge in [0.1, 0.15) is 19.8 Å². The van der Waals surface area contributed by atoms with E-state index >= 15 is 0 Å². The lowest BCUT2D eigenvalue weighted by Gasteiger charge is -2.22. The van der Waals surface area contributed by atoms with Crippen molar-refractivity contribution in [2.45, 2.75) is 25.7 Å². The molecule has 0 heterocycles. The van der Waals surface area contributed by atoms with Crippen LogP contribution in [0.3, 0.4) is 0 Å². The number of nitrogens with zero attached hydrogens (tertiary/aromatic N) is 1. The van der Waals surface area contributed by atoms with E-state index in [2.05, 4.69) is 12.2 Å². The molecule has 1 saturated carbocycles. The van der Waals surface area contributed by atoms with Gasteiger partial charge in [-0.3, -0.25) is 19.3 Å². The first-order valence-electron chi connectivity index (χ1n) is 15.2. The maximum Gasteiger partial charge on any atom is 0.309 e. The molecule has 248 valence electrons. The molecular weight excluding hydrogens is 566 g/mol. The Labute approximate surface area is 255 Å². The van der Waals surface area contributed by atoms with Crippen LogP contribution in [0.2, 0.25) is 0 Å². The third-order valence-corrected chi connectivity index (χ3v) is 7.09. The van der Waals surface area contributed by atoms with Crippen molar-refractivity contribution in [3.63, 3.8) is 0 Å². The van der Waals surface area contributed by atoms with Gasteiger partial charge in [-0.25, -0.2) is 0 Å². The standard InChI is InChI=1S/C30H51NO12/c1-35-11-13-37-15-17-39-19-21-41-28(32)5-7-31(9-10-43-30(34)27-24-25-3-4-26(27)23-25)8-6-29(33)42-22-20-40-18-16-38-14-12-36-2/h3-4,25-27H,5-24H2,1-2H3/t25-,26+,27?/m1/s1. The fraction of sp³-hybridized carbons (Fsp3) is 0.833. The molecule has 0 spiro atoms. The summed E-state index contributed by atoms with van der Waals surface area (Å²) >= 11 is 0. The number of hydrogen-bond acceptors (Lipinski definition) is 13. The molecule has 0 aromatic heterocycles. The zero-order valence-corrected chi connectivity index (χ0v) is 25.9. The van der Waals surface area contributed by atoms with Crippen LogP contribution in [0.4, 0.5) is 0 Å². The average Bonchev–Trinajstić information content (AvgIpc) is 3.65. The van der Waals surface area contributed by atoms with Crippen LogP contribution in [0, 0.1) is 17.8 Å².